The van der Waals surface area contributed by atoms with E-state index in [4.69, 9.17) is 5.73 Å². The summed E-state index contributed by atoms with van der Waals surface area (Å²) in [6.45, 7) is 4.60. The van der Waals surface area contributed by atoms with Crippen molar-refractivity contribution >= 4 is 28.6 Å². The molecular weight excluding hydrogens is 278 g/mol. The van der Waals surface area contributed by atoms with Crippen molar-refractivity contribution in [3.63, 3.8) is 0 Å². The summed E-state index contributed by atoms with van der Waals surface area (Å²) in [5.41, 5.74) is 5.95. The number of aryl methyl sites for hydroxylation is 1. The van der Waals surface area contributed by atoms with Gasteiger partial charge in [0.15, 0.2) is 0 Å². The summed E-state index contributed by atoms with van der Waals surface area (Å²) in [5, 5.41) is 5.66. The van der Waals surface area contributed by atoms with Gasteiger partial charge >= 0.3 is 0 Å². The van der Waals surface area contributed by atoms with Crippen LogP contribution >= 0.6 is 22.7 Å². The fraction of sp³-hybridized carbons (Fsp3) is 0.385. The highest BCUT2D eigenvalue weighted by Crippen LogP contribution is 2.22. The number of nitrogens with two attached hydrogens (primary N) is 1. The van der Waals surface area contributed by atoms with E-state index in [0.29, 0.717) is 12.2 Å². The van der Waals surface area contributed by atoms with Crippen molar-refractivity contribution in [2.45, 2.75) is 26.3 Å². The molecule has 0 saturated heterocycles. The molecule has 2 aromatic rings. The summed E-state index contributed by atoms with van der Waals surface area (Å²) in [7, 11) is 0. The lowest BCUT2D eigenvalue weighted by Crippen LogP contribution is -2.26. The Hall–Kier alpha value is -1.24. The zero-order valence-corrected chi connectivity index (χ0v) is 12.6. The zero-order valence-electron chi connectivity index (χ0n) is 11.0. The van der Waals surface area contributed by atoms with E-state index in [2.05, 4.69) is 23.3 Å². The quantitative estimate of drug-likeness (QED) is 0.890. The van der Waals surface area contributed by atoms with Gasteiger partial charge in [-0.25, -0.2) is 4.98 Å². The molecule has 102 valence electrons. The largest absolute Gasteiger partial charge is 0.343 e. The first kappa shape index (κ1) is 14.2. The maximum absolute atomic E-state index is 12.1. The molecule has 1 atom stereocenters. The number of hydrogen-bond donors (Lipinski definition) is 2. The lowest BCUT2D eigenvalue weighted by Gasteiger charge is -2.10. The van der Waals surface area contributed by atoms with Gasteiger partial charge in [0.05, 0.1) is 11.0 Å². The normalized spacial score (nSPS) is 12.4. The zero-order chi connectivity index (χ0) is 13.8. The maximum Gasteiger partial charge on any atom is 0.271 e. The molecule has 0 aliphatic heterocycles. The van der Waals surface area contributed by atoms with Gasteiger partial charge in [-0.2, -0.15) is 0 Å². The fourth-order valence-electron chi connectivity index (χ4n) is 1.68. The molecule has 0 aliphatic carbocycles. The van der Waals surface area contributed by atoms with Crippen LogP contribution < -0.4 is 11.1 Å². The number of amides is 1. The second-order valence-electron chi connectivity index (χ2n) is 4.31. The Balaban J connectivity index is 1.99. The lowest BCUT2D eigenvalue weighted by molar-refractivity contribution is 0.0936. The molecule has 0 saturated carbocycles. The van der Waals surface area contributed by atoms with Crippen LogP contribution in [-0.2, 0) is 6.42 Å². The smallest absolute Gasteiger partial charge is 0.271 e. The number of nitrogens with zero attached hydrogens (tertiary/aromatic N) is 1. The predicted octanol–water partition coefficient (Wildman–Crippen LogP) is 2.51. The summed E-state index contributed by atoms with van der Waals surface area (Å²) in [6.07, 6.45) is 0.720. The Morgan fingerprint density at radius 3 is 2.95 bits per heavy atom. The Labute approximate surface area is 120 Å². The topological polar surface area (TPSA) is 68.0 Å². The monoisotopic (exact) mass is 295 g/mol. The molecule has 0 fully saturated rings. The predicted molar refractivity (Wildman–Crippen MR) is 79.8 cm³/mol. The number of nitrogens with one attached hydrogen (secondary N) is 1. The van der Waals surface area contributed by atoms with E-state index >= 15 is 0 Å². The van der Waals surface area contributed by atoms with E-state index in [1.807, 2.05) is 13.0 Å². The van der Waals surface area contributed by atoms with Crippen LogP contribution in [0.5, 0.6) is 0 Å². The number of carbonyl (C=O) groups excluding carboxylic acids is 1. The third-order valence-corrected chi connectivity index (χ3v) is 4.77. The first-order valence-electron chi connectivity index (χ1n) is 6.12. The van der Waals surface area contributed by atoms with E-state index in [-0.39, 0.29) is 11.9 Å². The molecule has 2 heterocycles. The highest BCUT2D eigenvalue weighted by molar-refractivity contribution is 7.12. The van der Waals surface area contributed by atoms with Crippen LogP contribution in [0.2, 0.25) is 0 Å². The van der Waals surface area contributed by atoms with Gasteiger partial charge in [-0.3, -0.25) is 4.79 Å². The molecule has 19 heavy (non-hydrogen) atoms. The van der Waals surface area contributed by atoms with Gasteiger partial charge in [0, 0.05) is 21.6 Å². The molecule has 1 unspecified atom stereocenters. The number of aromatic nitrogens is 1. The summed E-state index contributed by atoms with van der Waals surface area (Å²) in [6, 6.07) is 4.11. The molecule has 6 heteroatoms. The third kappa shape index (κ3) is 3.62. The second kappa shape index (κ2) is 6.27. The van der Waals surface area contributed by atoms with Crippen LogP contribution in [0.1, 0.15) is 38.2 Å². The average Bonchev–Trinajstić information content (AvgIpc) is 2.98. The van der Waals surface area contributed by atoms with Gasteiger partial charge in [0.1, 0.15) is 5.69 Å². The van der Waals surface area contributed by atoms with E-state index in [1.54, 1.807) is 16.7 Å². The summed E-state index contributed by atoms with van der Waals surface area (Å²) in [5.74, 6) is -0.127. The second-order valence-corrected chi connectivity index (χ2v) is 6.57. The highest BCUT2D eigenvalue weighted by atomic mass is 32.1. The fourth-order valence-corrected chi connectivity index (χ4v) is 3.36. The molecule has 0 bridgehead atoms. The van der Waals surface area contributed by atoms with Crippen molar-refractivity contribution < 1.29 is 4.79 Å². The van der Waals surface area contributed by atoms with E-state index in [9.17, 15) is 4.79 Å². The van der Waals surface area contributed by atoms with Crippen LogP contribution in [0.3, 0.4) is 0 Å². The minimum absolute atomic E-state index is 0.00542. The number of thiazole rings is 1. The van der Waals surface area contributed by atoms with E-state index in [1.165, 1.54) is 16.2 Å². The first-order valence-corrected chi connectivity index (χ1v) is 7.81. The van der Waals surface area contributed by atoms with Crippen molar-refractivity contribution in [3.05, 3.63) is 38.0 Å². The lowest BCUT2D eigenvalue weighted by atomic mass is 10.2. The summed E-state index contributed by atoms with van der Waals surface area (Å²) < 4.78 is 0. The van der Waals surface area contributed by atoms with Crippen LogP contribution in [0.25, 0.3) is 0 Å². The maximum atomic E-state index is 12.1. The number of rotatable bonds is 5. The van der Waals surface area contributed by atoms with Crippen molar-refractivity contribution in [2.75, 3.05) is 6.54 Å². The SMILES string of the molecule is Cc1ccc(C(C)NC(=O)c2csc(CCN)n2)s1. The van der Waals surface area contributed by atoms with Gasteiger partial charge in [-0.15, -0.1) is 22.7 Å². The molecule has 0 aromatic carbocycles. The molecular formula is C13H17N3OS2. The Morgan fingerprint density at radius 1 is 1.53 bits per heavy atom. The van der Waals surface area contributed by atoms with Gasteiger partial charge in [-0.05, 0) is 32.5 Å². The van der Waals surface area contributed by atoms with Gasteiger partial charge < -0.3 is 11.1 Å². The summed E-state index contributed by atoms with van der Waals surface area (Å²) in [4.78, 5) is 18.7. The first-order chi connectivity index (χ1) is 9.10. The van der Waals surface area contributed by atoms with Crippen LogP contribution in [0, 0.1) is 6.92 Å². The molecule has 2 aromatic heterocycles. The van der Waals surface area contributed by atoms with Crippen molar-refractivity contribution in [1.29, 1.82) is 0 Å². The molecule has 3 N–H and O–H groups in total. The molecule has 1 amide bonds. The van der Waals surface area contributed by atoms with Crippen LogP contribution in [-0.4, -0.2) is 17.4 Å². The Morgan fingerprint density at radius 2 is 2.32 bits per heavy atom. The molecule has 0 spiro atoms. The van der Waals surface area contributed by atoms with Gasteiger partial charge in [0.25, 0.3) is 5.91 Å². The van der Waals surface area contributed by atoms with E-state index in [0.717, 1.165) is 16.3 Å². The summed E-state index contributed by atoms with van der Waals surface area (Å²) >= 11 is 3.18. The molecule has 2 rings (SSSR count). The molecule has 0 radical (unpaired) electrons. The molecule has 0 aliphatic rings. The minimum Gasteiger partial charge on any atom is -0.343 e. The van der Waals surface area contributed by atoms with Crippen LogP contribution in [0.4, 0.5) is 0 Å². The average molecular weight is 295 g/mol. The van der Waals surface area contributed by atoms with Gasteiger partial charge in [-0.1, -0.05) is 0 Å². The number of carbonyl (C=O) groups is 1. The third-order valence-electron chi connectivity index (χ3n) is 2.68. The van der Waals surface area contributed by atoms with Crippen molar-refractivity contribution in [2.24, 2.45) is 5.73 Å². The van der Waals surface area contributed by atoms with Crippen LogP contribution in [0.15, 0.2) is 17.5 Å². The Bertz CT molecular complexity index is 562. The Kier molecular flexibility index (Phi) is 4.68. The molecule has 4 nitrogen and oxygen atoms in total. The number of thiophene rings is 1. The minimum atomic E-state index is -0.127. The number of hydrogen-bond acceptors (Lipinski definition) is 5. The van der Waals surface area contributed by atoms with Crippen molar-refractivity contribution in [1.82, 2.24) is 10.3 Å². The highest BCUT2D eigenvalue weighted by Gasteiger charge is 2.15. The van der Waals surface area contributed by atoms with E-state index < -0.39 is 0 Å². The van der Waals surface area contributed by atoms with Gasteiger partial charge in [0.2, 0.25) is 0 Å². The van der Waals surface area contributed by atoms with Crippen molar-refractivity contribution in [3.8, 4) is 0 Å². The standard InChI is InChI=1S/C13H17N3OS2/c1-8-3-4-11(19-8)9(2)15-13(17)10-7-18-12(16-10)5-6-14/h3-4,7,9H,5-6,14H2,1-2H3,(H,15,17).